The van der Waals surface area contributed by atoms with E-state index in [0.29, 0.717) is 43.3 Å². The zero-order valence-electron chi connectivity index (χ0n) is 13.7. The van der Waals surface area contributed by atoms with Gasteiger partial charge in [-0.3, -0.25) is 14.5 Å². The molecule has 1 aromatic rings. The van der Waals surface area contributed by atoms with Gasteiger partial charge >= 0.3 is 0 Å². The van der Waals surface area contributed by atoms with Gasteiger partial charge in [0.25, 0.3) is 5.91 Å². The first-order valence-corrected chi connectivity index (χ1v) is 8.44. The van der Waals surface area contributed by atoms with Crippen LogP contribution in [-0.2, 0) is 4.79 Å². The Balaban J connectivity index is 1.82. The van der Waals surface area contributed by atoms with Crippen molar-refractivity contribution in [1.29, 1.82) is 0 Å². The van der Waals surface area contributed by atoms with Crippen LogP contribution in [-0.4, -0.2) is 60.4 Å². The maximum Gasteiger partial charge on any atom is 0.253 e. The van der Waals surface area contributed by atoms with Crippen LogP contribution in [0.3, 0.4) is 0 Å². The highest BCUT2D eigenvalue weighted by Gasteiger charge is 2.23. The Hall–Kier alpha value is -1.59. The fourth-order valence-electron chi connectivity index (χ4n) is 2.54. The average Bonchev–Trinajstić information content (AvgIpc) is 2.54. The minimum atomic E-state index is -0.00351. The second-order valence-corrected chi connectivity index (χ2v) is 6.39. The molecule has 0 aromatic heterocycles. The fourth-order valence-corrected chi connectivity index (χ4v) is 2.73. The smallest absolute Gasteiger partial charge is 0.253 e. The van der Waals surface area contributed by atoms with E-state index >= 15 is 0 Å². The second kappa shape index (κ2) is 8.31. The summed E-state index contributed by atoms with van der Waals surface area (Å²) in [5, 5.41) is 3.53. The minimum absolute atomic E-state index is 0.00351. The van der Waals surface area contributed by atoms with E-state index < -0.39 is 0 Å². The summed E-state index contributed by atoms with van der Waals surface area (Å²) >= 11 is 5.94. The standard InChI is InChI=1S/C17H24ClN3O2/c1-3-13(2)19-16(22)12-20-7-9-21(10-8-20)17(23)14-5-4-6-15(18)11-14/h4-6,11,13H,3,7-10,12H2,1-2H3,(H,19,22)/t13-/m0/s1. The number of hydrogen-bond donors (Lipinski definition) is 1. The number of amides is 2. The van der Waals surface area contributed by atoms with Gasteiger partial charge in [-0.05, 0) is 31.5 Å². The van der Waals surface area contributed by atoms with Crippen LogP contribution in [0.4, 0.5) is 0 Å². The quantitative estimate of drug-likeness (QED) is 0.894. The van der Waals surface area contributed by atoms with Crippen LogP contribution in [0.1, 0.15) is 30.6 Å². The number of piperazine rings is 1. The maximum atomic E-state index is 12.4. The second-order valence-electron chi connectivity index (χ2n) is 5.96. The van der Waals surface area contributed by atoms with E-state index in [2.05, 4.69) is 10.2 Å². The molecule has 23 heavy (non-hydrogen) atoms. The van der Waals surface area contributed by atoms with Gasteiger partial charge in [0.15, 0.2) is 0 Å². The van der Waals surface area contributed by atoms with Crippen molar-refractivity contribution < 1.29 is 9.59 Å². The first kappa shape index (κ1) is 17.8. The Kier molecular flexibility index (Phi) is 6.42. The molecule has 1 aromatic carbocycles. The summed E-state index contributed by atoms with van der Waals surface area (Å²) in [6.45, 7) is 7.11. The summed E-state index contributed by atoms with van der Waals surface area (Å²) in [7, 11) is 0. The summed E-state index contributed by atoms with van der Waals surface area (Å²) in [6.07, 6.45) is 0.924. The molecule has 0 unspecified atom stereocenters. The van der Waals surface area contributed by atoms with Crippen molar-refractivity contribution in [2.24, 2.45) is 0 Å². The monoisotopic (exact) mass is 337 g/mol. The predicted octanol–water partition coefficient (Wildman–Crippen LogP) is 2.01. The van der Waals surface area contributed by atoms with Crippen molar-refractivity contribution in [3.8, 4) is 0 Å². The van der Waals surface area contributed by atoms with Gasteiger partial charge in [-0.1, -0.05) is 24.6 Å². The molecule has 1 N–H and O–H groups in total. The molecule has 2 rings (SSSR count). The van der Waals surface area contributed by atoms with E-state index in [9.17, 15) is 9.59 Å². The Labute approximate surface area is 142 Å². The molecular formula is C17H24ClN3O2. The van der Waals surface area contributed by atoms with E-state index in [1.165, 1.54) is 0 Å². The number of hydrogen-bond acceptors (Lipinski definition) is 3. The van der Waals surface area contributed by atoms with E-state index in [0.717, 1.165) is 6.42 Å². The molecule has 0 saturated carbocycles. The molecule has 6 heteroatoms. The van der Waals surface area contributed by atoms with Gasteiger partial charge in [-0.15, -0.1) is 0 Å². The molecule has 1 aliphatic rings. The predicted molar refractivity (Wildman–Crippen MR) is 91.7 cm³/mol. The van der Waals surface area contributed by atoms with Crippen molar-refractivity contribution in [3.05, 3.63) is 34.9 Å². The third-order valence-corrected chi connectivity index (χ3v) is 4.35. The van der Waals surface area contributed by atoms with E-state index in [-0.39, 0.29) is 17.9 Å². The Morgan fingerprint density at radius 2 is 1.96 bits per heavy atom. The number of benzene rings is 1. The van der Waals surface area contributed by atoms with Crippen LogP contribution < -0.4 is 5.32 Å². The molecule has 0 spiro atoms. The summed E-state index contributed by atoms with van der Waals surface area (Å²) in [4.78, 5) is 28.2. The van der Waals surface area contributed by atoms with Gasteiger partial charge in [0.1, 0.15) is 0 Å². The van der Waals surface area contributed by atoms with Crippen molar-refractivity contribution >= 4 is 23.4 Å². The molecule has 1 heterocycles. The molecule has 1 saturated heterocycles. The van der Waals surface area contributed by atoms with Gasteiger partial charge in [0, 0.05) is 42.8 Å². The van der Waals surface area contributed by atoms with Crippen LogP contribution in [0.2, 0.25) is 5.02 Å². The van der Waals surface area contributed by atoms with Crippen molar-refractivity contribution in [1.82, 2.24) is 15.1 Å². The van der Waals surface area contributed by atoms with Gasteiger partial charge in [0.05, 0.1) is 6.54 Å². The molecule has 0 bridgehead atoms. The van der Waals surface area contributed by atoms with Crippen LogP contribution in [0, 0.1) is 0 Å². The van der Waals surface area contributed by atoms with Crippen LogP contribution >= 0.6 is 11.6 Å². The van der Waals surface area contributed by atoms with Crippen LogP contribution in [0.25, 0.3) is 0 Å². The summed E-state index contributed by atoms with van der Waals surface area (Å²) < 4.78 is 0. The lowest BCUT2D eigenvalue weighted by atomic mass is 10.2. The highest BCUT2D eigenvalue weighted by Crippen LogP contribution is 2.14. The highest BCUT2D eigenvalue weighted by atomic mass is 35.5. The number of rotatable bonds is 5. The third-order valence-electron chi connectivity index (χ3n) is 4.12. The van der Waals surface area contributed by atoms with E-state index in [1.807, 2.05) is 18.7 Å². The summed E-state index contributed by atoms with van der Waals surface area (Å²) in [5.41, 5.74) is 0.612. The van der Waals surface area contributed by atoms with E-state index in [4.69, 9.17) is 11.6 Å². The molecule has 0 radical (unpaired) electrons. The lowest BCUT2D eigenvalue weighted by Crippen LogP contribution is -2.51. The molecule has 126 valence electrons. The number of carbonyl (C=O) groups excluding carboxylic acids is 2. The lowest BCUT2D eigenvalue weighted by molar-refractivity contribution is -0.123. The Morgan fingerprint density at radius 3 is 2.57 bits per heavy atom. The van der Waals surface area contributed by atoms with Gasteiger partial charge in [-0.2, -0.15) is 0 Å². The number of nitrogens with zero attached hydrogens (tertiary/aromatic N) is 2. The summed E-state index contributed by atoms with van der Waals surface area (Å²) in [6, 6.07) is 7.21. The fraction of sp³-hybridized carbons (Fsp3) is 0.529. The van der Waals surface area contributed by atoms with Crippen molar-refractivity contribution in [2.45, 2.75) is 26.3 Å². The minimum Gasteiger partial charge on any atom is -0.353 e. The van der Waals surface area contributed by atoms with Crippen molar-refractivity contribution in [2.75, 3.05) is 32.7 Å². The highest BCUT2D eigenvalue weighted by molar-refractivity contribution is 6.30. The Bertz CT molecular complexity index is 557. The van der Waals surface area contributed by atoms with Gasteiger partial charge in [-0.25, -0.2) is 0 Å². The van der Waals surface area contributed by atoms with Crippen molar-refractivity contribution in [3.63, 3.8) is 0 Å². The molecule has 1 aliphatic heterocycles. The first-order valence-electron chi connectivity index (χ1n) is 8.06. The molecule has 0 aliphatic carbocycles. The van der Waals surface area contributed by atoms with Gasteiger partial charge < -0.3 is 10.2 Å². The zero-order chi connectivity index (χ0) is 16.8. The molecular weight excluding hydrogens is 314 g/mol. The summed E-state index contributed by atoms with van der Waals surface area (Å²) in [5.74, 6) is 0.0465. The largest absolute Gasteiger partial charge is 0.353 e. The number of nitrogens with one attached hydrogen (secondary N) is 1. The van der Waals surface area contributed by atoms with Crippen LogP contribution in [0.15, 0.2) is 24.3 Å². The maximum absolute atomic E-state index is 12.4. The van der Waals surface area contributed by atoms with Gasteiger partial charge in [0.2, 0.25) is 5.91 Å². The Morgan fingerprint density at radius 1 is 1.26 bits per heavy atom. The molecule has 1 atom stereocenters. The normalized spacial score (nSPS) is 16.9. The number of halogens is 1. The lowest BCUT2D eigenvalue weighted by Gasteiger charge is -2.34. The number of carbonyl (C=O) groups is 2. The molecule has 5 nitrogen and oxygen atoms in total. The molecule has 1 fully saturated rings. The topological polar surface area (TPSA) is 52.7 Å². The molecule has 2 amide bonds. The van der Waals surface area contributed by atoms with E-state index in [1.54, 1.807) is 24.3 Å². The van der Waals surface area contributed by atoms with Crippen LogP contribution in [0.5, 0.6) is 0 Å². The average molecular weight is 338 g/mol. The first-order chi connectivity index (χ1) is 11.0. The zero-order valence-corrected chi connectivity index (χ0v) is 14.5. The SMILES string of the molecule is CC[C@H](C)NC(=O)CN1CCN(C(=O)c2cccc(Cl)c2)CC1. The third kappa shape index (κ3) is 5.22.